The molecule has 1 aliphatic rings. The summed E-state index contributed by atoms with van der Waals surface area (Å²) < 4.78 is 6.23. The monoisotopic (exact) mass is 296 g/mol. The first kappa shape index (κ1) is 16.0. The first-order chi connectivity index (χ1) is 9.51. The van der Waals surface area contributed by atoms with Gasteiger partial charge >= 0.3 is 0 Å². The Labute approximate surface area is 126 Å². The Morgan fingerprint density at radius 1 is 1.35 bits per heavy atom. The van der Waals surface area contributed by atoms with E-state index in [-0.39, 0.29) is 11.6 Å². The third-order valence-corrected chi connectivity index (χ3v) is 5.47. The van der Waals surface area contributed by atoms with Crippen LogP contribution in [0.4, 0.5) is 0 Å². The molecule has 3 nitrogen and oxygen atoms in total. The van der Waals surface area contributed by atoms with E-state index in [1.54, 1.807) is 11.3 Å². The van der Waals surface area contributed by atoms with Crippen LogP contribution in [0.2, 0.25) is 0 Å². The van der Waals surface area contributed by atoms with E-state index >= 15 is 0 Å². The first-order valence-corrected chi connectivity index (χ1v) is 8.57. The third-order valence-electron chi connectivity index (χ3n) is 4.74. The summed E-state index contributed by atoms with van der Waals surface area (Å²) in [7, 11) is 0. The number of nitrogens with one attached hydrogen (secondary N) is 1. The lowest BCUT2D eigenvalue weighted by Gasteiger charge is -2.47. The van der Waals surface area contributed by atoms with Crippen LogP contribution in [0.5, 0.6) is 0 Å². The molecule has 1 aromatic rings. The average molecular weight is 296 g/mol. The van der Waals surface area contributed by atoms with Crippen LogP contribution in [0.25, 0.3) is 0 Å². The van der Waals surface area contributed by atoms with Gasteiger partial charge in [-0.2, -0.15) is 11.3 Å². The number of hydrogen-bond donors (Lipinski definition) is 2. The lowest BCUT2D eigenvalue weighted by Crippen LogP contribution is -2.58. The number of rotatable bonds is 6. The maximum atomic E-state index is 6.23. The fourth-order valence-corrected chi connectivity index (χ4v) is 3.95. The highest BCUT2D eigenvalue weighted by molar-refractivity contribution is 7.07. The van der Waals surface area contributed by atoms with Gasteiger partial charge in [-0.3, -0.25) is 11.3 Å². The minimum absolute atomic E-state index is 0.110. The number of hydrogen-bond acceptors (Lipinski definition) is 4. The second-order valence-corrected chi connectivity index (χ2v) is 7.50. The van der Waals surface area contributed by atoms with Gasteiger partial charge in [-0.05, 0) is 66.8 Å². The Bertz CT molecular complexity index is 393. The van der Waals surface area contributed by atoms with Gasteiger partial charge in [0.1, 0.15) is 0 Å². The Morgan fingerprint density at radius 3 is 2.55 bits per heavy atom. The first-order valence-electron chi connectivity index (χ1n) is 7.62. The van der Waals surface area contributed by atoms with Crippen LogP contribution in [0.15, 0.2) is 16.8 Å². The predicted octanol–water partition coefficient (Wildman–Crippen LogP) is 3.50. The summed E-state index contributed by atoms with van der Waals surface area (Å²) in [6.07, 6.45) is 5.53. The third kappa shape index (κ3) is 3.61. The minimum Gasteiger partial charge on any atom is -0.374 e. The molecule has 0 saturated heterocycles. The smallest absolute Gasteiger partial charge is 0.0851 e. The molecule has 114 valence electrons. The van der Waals surface area contributed by atoms with Crippen molar-refractivity contribution in [3.63, 3.8) is 0 Å². The number of thiophene rings is 1. The van der Waals surface area contributed by atoms with Gasteiger partial charge in [0.15, 0.2) is 0 Å². The van der Waals surface area contributed by atoms with Crippen molar-refractivity contribution in [1.29, 1.82) is 0 Å². The molecule has 2 rings (SSSR count). The van der Waals surface area contributed by atoms with Gasteiger partial charge in [0, 0.05) is 6.61 Å². The SMILES string of the molecule is CCOC1(C(Cc2ccsc2)NN)CCC(C)(C)CC1. The molecule has 0 aromatic carbocycles. The standard InChI is InChI=1S/C16H28N2OS/c1-4-19-16(8-6-15(2,3)7-9-16)14(18-17)11-13-5-10-20-12-13/h5,10,12,14,18H,4,6-9,11,17H2,1-3H3. The molecule has 1 saturated carbocycles. The van der Waals surface area contributed by atoms with Crippen molar-refractivity contribution >= 4 is 11.3 Å². The summed E-state index contributed by atoms with van der Waals surface area (Å²) in [6, 6.07) is 2.37. The zero-order valence-corrected chi connectivity index (χ0v) is 13.8. The molecule has 0 aliphatic heterocycles. The lowest BCUT2D eigenvalue weighted by atomic mass is 9.67. The average Bonchev–Trinajstić information content (AvgIpc) is 2.92. The molecule has 20 heavy (non-hydrogen) atoms. The maximum absolute atomic E-state index is 6.23. The molecular weight excluding hydrogens is 268 g/mol. The van der Waals surface area contributed by atoms with E-state index in [9.17, 15) is 0 Å². The molecule has 3 N–H and O–H groups in total. The Hall–Kier alpha value is -0.420. The van der Waals surface area contributed by atoms with Gasteiger partial charge in [0.2, 0.25) is 0 Å². The molecule has 1 atom stereocenters. The van der Waals surface area contributed by atoms with Crippen molar-refractivity contribution in [2.45, 2.75) is 64.5 Å². The molecule has 0 bridgehead atoms. The second-order valence-electron chi connectivity index (χ2n) is 6.72. The van der Waals surface area contributed by atoms with Crippen LogP contribution in [-0.2, 0) is 11.2 Å². The highest BCUT2D eigenvalue weighted by atomic mass is 32.1. The van der Waals surface area contributed by atoms with Crippen molar-refractivity contribution < 1.29 is 4.74 Å². The molecule has 0 amide bonds. The molecule has 1 aliphatic carbocycles. The molecule has 1 heterocycles. The lowest BCUT2D eigenvalue weighted by molar-refractivity contribution is -0.106. The van der Waals surface area contributed by atoms with Crippen LogP contribution in [0.3, 0.4) is 0 Å². The summed E-state index contributed by atoms with van der Waals surface area (Å²) in [5, 5.41) is 4.33. The molecule has 1 aromatic heterocycles. The predicted molar refractivity (Wildman–Crippen MR) is 85.7 cm³/mol. The van der Waals surface area contributed by atoms with E-state index in [0.717, 1.165) is 25.9 Å². The van der Waals surface area contributed by atoms with Gasteiger partial charge in [0.25, 0.3) is 0 Å². The van der Waals surface area contributed by atoms with E-state index < -0.39 is 0 Å². The van der Waals surface area contributed by atoms with Gasteiger partial charge < -0.3 is 4.74 Å². The molecule has 1 unspecified atom stereocenters. The normalized spacial score (nSPS) is 22.6. The van der Waals surface area contributed by atoms with Crippen molar-refractivity contribution in [2.75, 3.05) is 6.61 Å². The van der Waals surface area contributed by atoms with E-state index in [2.05, 4.69) is 43.0 Å². The zero-order valence-electron chi connectivity index (χ0n) is 12.9. The van der Waals surface area contributed by atoms with Gasteiger partial charge in [-0.15, -0.1) is 0 Å². The highest BCUT2D eigenvalue weighted by Crippen LogP contribution is 2.44. The summed E-state index contributed by atoms with van der Waals surface area (Å²) in [6.45, 7) is 7.54. The Morgan fingerprint density at radius 2 is 2.05 bits per heavy atom. The largest absolute Gasteiger partial charge is 0.374 e. The highest BCUT2D eigenvalue weighted by Gasteiger charge is 2.44. The van der Waals surface area contributed by atoms with E-state index in [1.807, 2.05) is 0 Å². The maximum Gasteiger partial charge on any atom is 0.0851 e. The van der Waals surface area contributed by atoms with Crippen molar-refractivity contribution in [1.82, 2.24) is 5.43 Å². The fraction of sp³-hybridized carbons (Fsp3) is 0.750. The second kappa shape index (κ2) is 6.56. The van der Waals surface area contributed by atoms with Crippen molar-refractivity contribution in [2.24, 2.45) is 11.3 Å². The van der Waals surface area contributed by atoms with Crippen LogP contribution in [0.1, 0.15) is 52.0 Å². The fourth-order valence-electron chi connectivity index (χ4n) is 3.27. The molecular formula is C16H28N2OS. The van der Waals surface area contributed by atoms with Crippen molar-refractivity contribution in [3.05, 3.63) is 22.4 Å². The Balaban J connectivity index is 2.13. The van der Waals surface area contributed by atoms with Crippen LogP contribution >= 0.6 is 11.3 Å². The van der Waals surface area contributed by atoms with Gasteiger partial charge in [-0.25, -0.2) is 0 Å². The summed E-state index contributed by atoms with van der Waals surface area (Å²) in [5.74, 6) is 5.88. The number of ether oxygens (including phenoxy) is 1. The minimum atomic E-state index is -0.110. The molecule has 0 radical (unpaired) electrons. The van der Waals surface area contributed by atoms with E-state index in [4.69, 9.17) is 10.6 Å². The Kier molecular flexibility index (Phi) is 5.24. The van der Waals surface area contributed by atoms with Crippen LogP contribution in [0, 0.1) is 5.41 Å². The van der Waals surface area contributed by atoms with Crippen LogP contribution < -0.4 is 11.3 Å². The summed E-state index contributed by atoms with van der Waals surface area (Å²) in [4.78, 5) is 0. The van der Waals surface area contributed by atoms with E-state index in [1.165, 1.54) is 18.4 Å². The molecule has 4 heteroatoms. The summed E-state index contributed by atoms with van der Waals surface area (Å²) in [5.41, 5.74) is 4.71. The molecule has 1 fully saturated rings. The van der Waals surface area contributed by atoms with Crippen LogP contribution in [-0.4, -0.2) is 18.2 Å². The number of hydrazine groups is 1. The molecule has 0 spiro atoms. The van der Waals surface area contributed by atoms with Gasteiger partial charge in [0.05, 0.1) is 11.6 Å². The van der Waals surface area contributed by atoms with Crippen molar-refractivity contribution in [3.8, 4) is 0 Å². The summed E-state index contributed by atoms with van der Waals surface area (Å²) >= 11 is 1.74. The number of nitrogens with two attached hydrogens (primary N) is 1. The topological polar surface area (TPSA) is 47.3 Å². The van der Waals surface area contributed by atoms with E-state index in [0.29, 0.717) is 5.41 Å². The van der Waals surface area contributed by atoms with Gasteiger partial charge in [-0.1, -0.05) is 13.8 Å². The zero-order chi connectivity index (χ0) is 14.6. The quantitative estimate of drug-likeness (QED) is 0.624.